The molecule has 1 heterocycles. The van der Waals surface area contributed by atoms with Crippen molar-refractivity contribution in [2.24, 2.45) is 5.73 Å². The second-order valence-electron chi connectivity index (χ2n) is 4.82. The van der Waals surface area contributed by atoms with Crippen molar-refractivity contribution in [1.29, 1.82) is 0 Å². The van der Waals surface area contributed by atoms with Crippen molar-refractivity contribution in [1.82, 2.24) is 14.7 Å². The Morgan fingerprint density at radius 1 is 1.11 bits per heavy atom. The highest BCUT2D eigenvalue weighted by Crippen LogP contribution is 2.16. The van der Waals surface area contributed by atoms with Crippen LogP contribution in [-0.2, 0) is 0 Å². The molecule has 1 aliphatic rings. The van der Waals surface area contributed by atoms with Crippen LogP contribution in [0.4, 0.5) is 13.2 Å². The molecule has 2 N–H and O–H groups in total. The van der Waals surface area contributed by atoms with Crippen molar-refractivity contribution in [2.45, 2.75) is 6.18 Å². The van der Waals surface area contributed by atoms with E-state index in [2.05, 4.69) is 16.8 Å². The zero-order valence-electron chi connectivity index (χ0n) is 10.9. The molecule has 0 saturated carbocycles. The molecule has 0 spiro atoms. The minimum Gasteiger partial charge on any atom is -0.329 e. The van der Waals surface area contributed by atoms with Crippen LogP contribution in [0.25, 0.3) is 0 Å². The number of likely N-dealkylation sites (N-methyl/N-ethyl adjacent to an activating group) is 1. The Labute approximate surface area is 106 Å². The van der Waals surface area contributed by atoms with Crippen LogP contribution in [0.15, 0.2) is 0 Å². The predicted molar refractivity (Wildman–Crippen MR) is 65.5 cm³/mol. The summed E-state index contributed by atoms with van der Waals surface area (Å²) in [6.07, 6.45) is -4.14. The fourth-order valence-corrected chi connectivity index (χ4v) is 2.06. The van der Waals surface area contributed by atoms with Gasteiger partial charge in [-0.1, -0.05) is 0 Å². The van der Waals surface area contributed by atoms with Crippen LogP contribution in [-0.4, -0.2) is 86.8 Å². The Morgan fingerprint density at radius 2 is 1.72 bits per heavy atom. The lowest BCUT2D eigenvalue weighted by Gasteiger charge is -2.34. The van der Waals surface area contributed by atoms with Gasteiger partial charge in [0.05, 0.1) is 6.54 Å². The number of rotatable bonds is 6. The Bertz CT molecular complexity index is 227. The van der Waals surface area contributed by atoms with Gasteiger partial charge in [0, 0.05) is 52.4 Å². The van der Waals surface area contributed by atoms with Crippen molar-refractivity contribution >= 4 is 0 Å². The average molecular weight is 268 g/mol. The van der Waals surface area contributed by atoms with Crippen molar-refractivity contribution in [3.05, 3.63) is 0 Å². The van der Waals surface area contributed by atoms with Crippen LogP contribution in [0.2, 0.25) is 0 Å². The van der Waals surface area contributed by atoms with Crippen molar-refractivity contribution < 1.29 is 13.2 Å². The first-order chi connectivity index (χ1) is 8.40. The van der Waals surface area contributed by atoms with E-state index in [1.165, 1.54) is 4.90 Å². The van der Waals surface area contributed by atoms with Crippen molar-refractivity contribution in [3.63, 3.8) is 0 Å². The summed E-state index contributed by atoms with van der Waals surface area (Å²) in [5, 5.41) is 0. The van der Waals surface area contributed by atoms with Crippen molar-refractivity contribution in [3.8, 4) is 0 Å². The Balaban J connectivity index is 2.28. The third-order valence-corrected chi connectivity index (χ3v) is 3.18. The molecule has 7 heteroatoms. The fourth-order valence-electron chi connectivity index (χ4n) is 2.06. The predicted octanol–water partition coefficient (Wildman–Crippen LogP) is 0.0568. The molecule has 0 unspecified atom stereocenters. The molecule has 0 aromatic rings. The molecular weight excluding hydrogens is 245 g/mol. The van der Waals surface area contributed by atoms with E-state index in [0.29, 0.717) is 19.6 Å². The summed E-state index contributed by atoms with van der Waals surface area (Å²) in [7, 11) is 2.06. The van der Waals surface area contributed by atoms with E-state index >= 15 is 0 Å². The summed E-state index contributed by atoms with van der Waals surface area (Å²) in [5.74, 6) is 0. The smallest absolute Gasteiger partial charge is 0.329 e. The third-order valence-electron chi connectivity index (χ3n) is 3.18. The van der Waals surface area contributed by atoms with Gasteiger partial charge in [0.2, 0.25) is 0 Å². The van der Waals surface area contributed by atoms with Gasteiger partial charge in [-0.15, -0.1) is 0 Å². The minimum atomic E-state index is -4.14. The summed E-state index contributed by atoms with van der Waals surface area (Å²) in [6.45, 7) is 4.64. The summed E-state index contributed by atoms with van der Waals surface area (Å²) >= 11 is 0. The summed E-state index contributed by atoms with van der Waals surface area (Å²) < 4.78 is 37.0. The van der Waals surface area contributed by atoms with E-state index in [4.69, 9.17) is 5.73 Å². The number of alkyl halides is 3. The summed E-state index contributed by atoms with van der Waals surface area (Å²) in [5.41, 5.74) is 5.35. The first-order valence-electron chi connectivity index (χ1n) is 6.31. The maximum Gasteiger partial charge on any atom is 0.401 e. The zero-order chi connectivity index (χ0) is 13.6. The van der Waals surface area contributed by atoms with Gasteiger partial charge in [-0.3, -0.25) is 9.80 Å². The summed E-state index contributed by atoms with van der Waals surface area (Å²) in [6, 6.07) is 0. The standard InChI is InChI=1S/C11H23F3N4/c1-16-4-6-17(7-5-16)8-9-18(3-2-15)10-11(12,13)14/h2-10,15H2,1H3. The van der Waals surface area contributed by atoms with E-state index in [-0.39, 0.29) is 6.54 Å². The Hall–Kier alpha value is -0.370. The molecule has 0 aromatic carbocycles. The highest BCUT2D eigenvalue weighted by atomic mass is 19.4. The molecule has 0 radical (unpaired) electrons. The SMILES string of the molecule is CN1CCN(CCN(CCN)CC(F)(F)F)CC1. The molecule has 108 valence electrons. The third kappa shape index (κ3) is 6.53. The second kappa shape index (κ2) is 7.28. The molecule has 0 amide bonds. The minimum absolute atomic E-state index is 0.263. The number of nitrogens with two attached hydrogens (primary N) is 1. The lowest BCUT2D eigenvalue weighted by molar-refractivity contribution is -0.146. The molecule has 18 heavy (non-hydrogen) atoms. The molecule has 0 aliphatic carbocycles. The van der Waals surface area contributed by atoms with E-state index in [0.717, 1.165) is 26.2 Å². The van der Waals surface area contributed by atoms with Gasteiger partial charge in [0.25, 0.3) is 0 Å². The molecule has 1 aliphatic heterocycles. The molecule has 1 saturated heterocycles. The highest BCUT2D eigenvalue weighted by molar-refractivity contribution is 4.72. The van der Waals surface area contributed by atoms with Gasteiger partial charge in [-0.25, -0.2) is 0 Å². The van der Waals surface area contributed by atoms with E-state index < -0.39 is 12.7 Å². The van der Waals surface area contributed by atoms with Gasteiger partial charge in [-0.2, -0.15) is 13.2 Å². The number of nitrogens with zero attached hydrogens (tertiary/aromatic N) is 3. The second-order valence-corrected chi connectivity index (χ2v) is 4.82. The van der Waals surface area contributed by atoms with Crippen LogP contribution in [0, 0.1) is 0 Å². The van der Waals surface area contributed by atoms with E-state index in [1.807, 2.05) is 0 Å². The lowest BCUT2D eigenvalue weighted by Crippen LogP contribution is -2.48. The first kappa shape index (κ1) is 15.7. The van der Waals surface area contributed by atoms with E-state index in [9.17, 15) is 13.2 Å². The lowest BCUT2D eigenvalue weighted by atomic mass is 10.3. The molecule has 4 nitrogen and oxygen atoms in total. The molecule has 1 rings (SSSR count). The first-order valence-corrected chi connectivity index (χ1v) is 6.31. The highest BCUT2D eigenvalue weighted by Gasteiger charge is 2.30. The molecule has 0 aromatic heterocycles. The fraction of sp³-hybridized carbons (Fsp3) is 1.00. The molecule has 0 bridgehead atoms. The average Bonchev–Trinajstić information content (AvgIpc) is 2.26. The number of piperazine rings is 1. The maximum absolute atomic E-state index is 12.3. The van der Waals surface area contributed by atoms with Crippen LogP contribution < -0.4 is 5.73 Å². The van der Waals surface area contributed by atoms with Gasteiger partial charge in [0.1, 0.15) is 0 Å². The molecule has 1 fully saturated rings. The van der Waals surface area contributed by atoms with Gasteiger partial charge in [0.15, 0.2) is 0 Å². The Morgan fingerprint density at radius 3 is 2.22 bits per heavy atom. The van der Waals surface area contributed by atoms with Crippen molar-refractivity contribution in [2.75, 3.05) is 66.0 Å². The number of hydrogen-bond acceptors (Lipinski definition) is 4. The maximum atomic E-state index is 12.3. The molecular formula is C11H23F3N4. The normalized spacial score (nSPS) is 19.7. The van der Waals surface area contributed by atoms with Gasteiger partial charge in [-0.05, 0) is 7.05 Å². The largest absolute Gasteiger partial charge is 0.401 e. The summed E-state index contributed by atoms with van der Waals surface area (Å²) in [4.78, 5) is 5.82. The molecule has 0 atom stereocenters. The monoisotopic (exact) mass is 268 g/mol. The topological polar surface area (TPSA) is 35.7 Å². The van der Waals surface area contributed by atoms with Crippen LogP contribution in [0.1, 0.15) is 0 Å². The van der Waals surface area contributed by atoms with Crippen LogP contribution in [0.5, 0.6) is 0 Å². The Kier molecular flexibility index (Phi) is 6.34. The zero-order valence-corrected chi connectivity index (χ0v) is 10.9. The quantitative estimate of drug-likeness (QED) is 0.739. The van der Waals surface area contributed by atoms with Gasteiger partial charge >= 0.3 is 6.18 Å². The van der Waals surface area contributed by atoms with Gasteiger partial charge < -0.3 is 10.6 Å². The number of hydrogen-bond donors (Lipinski definition) is 1. The number of halogens is 3. The van der Waals surface area contributed by atoms with Crippen LogP contribution >= 0.6 is 0 Å². The van der Waals surface area contributed by atoms with Crippen LogP contribution in [0.3, 0.4) is 0 Å². The van der Waals surface area contributed by atoms with E-state index in [1.54, 1.807) is 0 Å².